The van der Waals surface area contributed by atoms with Gasteiger partial charge in [-0.3, -0.25) is 24.0 Å². The molecule has 51 nitrogen and oxygen atoms in total. The monoisotopic (exact) mass is 2090 g/mol. The standard InChI is InChI=1S/C93H163N5O46/c1-7-9-11-13-15-17-19-21-23-25-27-29-31-33-50(110)49(98-60(113)34-32-30-28-26-24-22-20-18-16-14-12-10-8-2)43-129-88-74(123)73(122)80(58(42-105)136-88)140-89-75(124)82(67(116)54(38-101)132-89)141-86-63(96-47(5)108)71(120)78(56(40-103)134-86)138-90-76(125)83(69(118)59(137-90)44-130-85-62(95-46(4)107)70(119)66(115)53(37-100)131-85)142-87-64(97-48(6)109)72(121)79(57(41-104)135-87)139-91-77(126)84(68(117)55(39-102)133-91)144-93(92(127)128)35-51(111)61(94-45(3)106)81(143-93)65(114)52(112)36-99/h31,33,49-59,61-91,99-105,110-112,114-126H,7-30,32,34-44H2,1-6H3,(H,94,106)(H,95,107)(H,96,108)(H,97,109)(H,98,113)(H,127,128)/b33-31+/t49-,50+,51?,52+,53?,54?,55?,56?,57?,58?,59?,61+,62?,63?,64?,65+,66+,67-,68-,69-,70+,71+,72+,73+,74?,75?,76?,77?,78+,79+,80+,81?,82-,83-,84-,85+,86-,87+,88+,89-,90-,91-,93-/m0/s1. The summed E-state index contributed by atoms with van der Waals surface area (Å²) in [4.78, 5) is 78.4. The highest BCUT2D eigenvalue weighted by molar-refractivity contribution is 5.77. The number of allylic oxidation sites excluding steroid dienone is 1. The van der Waals surface area contributed by atoms with Crippen molar-refractivity contribution in [2.75, 3.05) is 59.5 Å². The third kappa shape index (κ3) is 34.8. The van der Waals surface area contributed by atoms with Crippen LogP contribution in [0.15, 0.2) is 12.2 Å². The first kappa shape index (κ1) is 124. The highest BCUT2D eigenvalue weighted by Gasteiger charge is 2.63. The fourth-order valence-corrected chi connectivity index (χ4v) is 19.1. The van der Waals surface area contributed by atoms with Crippen LogP contribution in [0, 0.1) is 0 Å². The zero-order valence-electron chi connectivity index (χ0n) is 82.6. The van der Waals surface area contributed by atoms with Gasteiger partial charge in [-0.05, 0) is 19.3 Å². The second-order valence-corrected chi connectivity index (χ2v) is 38.5. The van der Waals surface area contributed by atoms with Crippen molar-refractivity contribution in [3.63, 3.8) is 0 Å². The molecule has 51 heteroatoms. The summed E-state index contributed by atoms with van der Waals surface area (Å²) in [6, 6.07) is -8.66. The molecule has 8 fully saturated rings. The number of carbonyl (C=O) groups is 6. The zero-order valence-corrected chi connectivity index (χ0v) is 82.6. The highest BCUT2D eigenvalue weighted by Crippen LogP contribution is 2.42. The zero-order chi connectivity index (χ0) is 106. The summed E-state index contributed by atoms with van der Waals surface area (Å²) in [7, 11) is 0. The molecule has 8 rings (SSSR count). The quantitative estimate of drug-likeness (QED) is 0.0199. The summed E-state index contributed by atoms with van der Waals surface area (Å²) < 4.78 is 95.9. The van der Waals surface area contributed by atoms with Crippen LogP contribution in [-0.2, 0) is 105 Å². The Morgan fingerprint density at radius 2 is 0.722 bits per heavy atom. The van der Waals surface area contributed by atoms with Gasteiger partial charge < -0.3 is 225 Å². The molecule has 8 aliphatic heterocycles. The largest absolute Gasteiger partial charge is 0.477 e. The third-order valence-electron chi connectivity index (χ3n) is 27.2. The predicted molar refractivity (Wildman–Crippen MR) is 490 cm³/mol. The van der Waals surface area contributed by atoms with Gasteiger partial charge in [-0.25, -0.2) is 4.79 Å². The smallest absolute Gasteiger partial charge is 0.364 e. The van der Waals surface area contributed by atoms with E-state index in [1.165, 1.54) is 83.5 Å². The second kappa shape index (κ2) is 62.2. The molecule has 0 aromatic carbocycles. The number of aliphatic hydroxyl groups excluding tert-OH is 23. The SMILES string of the molecule is CCCCCCCCCCCCC/C=C/[C@@H](O)[C@H](CO[C@@H]1OC(CO)[C@@H](O[C@@H]2OC(CO)[C@H](O)[C@H](O[C@@H]3OC(CO)[C@@H](O[C@@H]4OC(CO[C@@H]5OC(CO)[C@@H](O)[C@H](O)C5NC(C)=O)[C@H](O)[C@H](O[C@H]5OC(CO)[C@@H](O[C@@H]6OC(CO)[C@H](O)[C@H](O[C@]7(C(=O)O)CC(O)[C@@H](NC(C)=O)C([C@H](O)[C@H](O)CO)O7)C6O)[C@H](O)C5NC(C)=O)C4O)[C@H](O)C3NC(C)=O)C2O)[C@H](O)C1O)NC(=O)CCCCCCCCCCCCCCC. The maximum absolute atomic E-state index is 13.6. The van der Waals surface area contributed by atoms with Gasteiger partial charge in [-0.2, -0.15) is 0 Å². The van der Waals surface area contributed by atoms with Crippen LogP contribution in [-0.4, -0.2) is 481 Å². The van der Waals surface area contributed by atoms with Crippen molar-refractivity contribution in [1.82, 2.24) is 26.6 Å². The molecule has 16 unspecified atom stereocenters. The number of aliphatic hydroxyl groups is 23. The third-order valence-corrected chi connectivity index (χ3v) is 27.2. The number of hydrogen-bond acceptors (Lipinski definition) is 45. The average molecular weight is 2090 g/mol. The first-order valence-electron chi connectivity index (χ1n) is 50.6. The number of unbranched alkanes of at least 4 members (excludes halogenated alkanes) is 23. The van der Waals surface area contributed by atoms with Crippen LogP contribution in [0.2, 0.25) is 0 Å². The topological polar surface area (TPSA) is 796 Å². The number of carboxylic acids is 1. The number of hydrogen-bond donors (Lipinski definition) is 29. The second-order valence-electron chi connectivity index (χ2n) is 38.5. The van der Waals surface area contributed by atoms with Crippen molar-refractivity contribution in [2.45, 2.75) is 478 Å². The lowest BCUT2D eigenvalue weighted by Crippen LogP contribution is -2.71. The Balaban J connectivity index is 1.00. The molecule has 8 heterocycles. The first-order chi connectivity index (χ1) is 68.7. The molecule has 8 saturated heterocycles. The van der Waals surface area contributed by atoms with Crippen LogP contribution in [0.3, 0.4) is 0 Å². The fourth-order valence-electron chi connectivity index (χ4n) is 19.1. The van der Waals surface area contributed by atoms with E-state index >= 15 is 0 Å². The Bertz CT molecular complexity index is 3740. The molecule has 0 aliphatic carbocycles. The molecule has 0 aromatic rings. The van der Waals surface area contributed by atoms with Crippen molar-refractivity contribution < 1.29 is 227 Å². The average Bonchev–Trinajstić information content (AvgIpc) is 0.744. The van der Waals surface area contributed by atoms with Crippen molar-refractivity contribution in [3.05, 3.63) is 12.2 Å². The van der Waals surface area contributed by atoms with Crippen molar-refractivity contribution in [3.8, 4) is 0 Å². The van der Waals surface area contributed by atoms with Gasteiger partial charge in [0, 0.05) is 40.5 Å². The van der Waals surface area contributed by atoms with Gasteiger partial charge in [0.25, 0.3) is 5.79 Å². The van der Waals surface area contributed by atoms with Crippen molar-refractivity contribution in [2.24, 2.45) is 0 Å². The maximum Gasteiger partial charge on any atom is 0.364 e. The van der Waals surface area contributed by atoms with Gasteiger partial charge >= 0.3 is 5.97 Å². The Morgan fingerprint density at radius 3 is 1.15 bits per heavy atom. The number of nitrogens with one attached hydrogen (secondary N) is 5. The maximum atomic E-state index is 13.6. The van der Waals surface area contributed by atoms with E-state index in [9.17, 15) is 151 Å². The molecule has 8 aliphatic rings. The number of aliphatic carboxylic acids is 1. The van der Waals surface area contributed by atoms with Gasteiger partial charge in [0.1, 0.15) is 189 Å². The Kier molecular flexibility index (Phi) is 53.7. The minimum absolute atomic E-state index is 0.131. The van der Waals surface area contributed by atoms with Crippen molar-refractivity contribution in [1.29, 1.82) is 0 Å². The molecule has 0 saturated carbocycles. The normalized spacial score (nSPS) is 38.4. The molecule has 0 radical (unpaired) electrons. The first-order valence-corrected chi connectivity index (χ1v) is 50.6. The summed E-state index contributed by atoms with van der Waals surface area (Å²) in [5.41, 5.74) is 0. The predicted octanol–water partition coefficient (Wildman–Crippen LogP) is -8.06. The summed E-state index contributed by atoms with van der Waals surface area (Å²) in [5.74, 6) is -9.53. The Morgan fingerprint density at radius 1 is 0.368 bits per heavy atom. The van der Waals surface area contributed by atoms with E-state index in [1.54, 1.807) is 6.08 Å². The van der Waals surface area contributed by atoms with Crippen LogP contribution in [0.5, 0.6) is 0 Å². The van der Waals surface area contributed by atoms with Crippen LogP contribution in [0.25, 0.3) is 0 Å². The number of rotatable bonds is 61. The van der Waals surface area contributed by atoms with Gasteiger partial charge in [0.15, 0.2) is 44.0 Å². The van der Waals surface area contributed by atoms with Crippen molar-refractivity contribution >= 4 is 35.5 Å². The number of amides is 5. The number of carboxylic acid groups (broad SMARTS) is 1. The molecule has 0 aromatic heterocycles. The van der Waals surface area contributed by atoms with E-state index in [4.69, 9.17) is 75.8 Å². The van der Waals surface area contributed by atoms with Gasteiger partial charge in [-0.1, -0.05) is 167 Å². The number of ether oxygens (including phenoxy) is 16. The lowest BCUT2D eigenvalue weighted by molar-refractivity contribution is -0.393. The van der Waals surface area contributed by atoms with Crippen LogP contribution in [0.1, 0.15) is 215 Å². The van der Waals surface area contributed by atoms with Crippen LogP contribution >= 0.6 is 0 Å². The molecule has 43 atom stereocenters. The number of carbonyl (C=O) groups excluding carboxylic acids is 5. The Labute approximate surface area is 835 Å². The van der Waals surface area contributed by atoms with Crippen LogP contribution in [0.4, 0.5) is 0 Å². The molecule has 144 heavy (non-hydrogen) atoms. The fraction of sp³-hybridized carbons (Fsp3) is 0.914. The van der Waals surface area contributed by atoms with E-state index in [0.717, 1.165) is 91.9 Å². The van der Waals surface area contributed by atoms with E-state index in [-0.39, 0.29) is 12.3 Å². The molecule has 0 spiro atoms. The minimum Gasteiger partial charge on any atom is -0.477 e. The van der Waals surface area contributed by atoms with Crippen LogP contribution < -0.4 is 26.6 Å². The van der Waals surface area contributed by atoms with E-state index in [1.807, 2.05) is 6.08 Å². The molecule has 836 valence electrons. The molecule has 5 amide bonds. The van der Waals surface area contributed by atoms with E-state index in [0.29, 0.717) is 12.8 Å². The summed E-state index contributed by atoms with van der Waals surface area (Å²) in [6.45, 7) is -1.36. The lowest BCUT2D eigenvalue weighted by Gasteiger charge is -2.51. The van der Waals surface area contributed by atoms with E-state index in [2.05, 4.69) is 40.4 Å². The molecule has 0 bridgehead atoms. The lowest BCUT2D eigenvalue weighted by atomic mass is 9.88. The van der Waals surface area contributed by atoms with Gasteiger partial charge in [-0.15, -0.1) is 0 Å². The van der Waals surface area contributed by atoms with Gasteiger partial charge in [0.05, 0.1) is 83.8 Å². The minimum atomic E-state index is -3.30. The van der Waals surface area contributed by atoms with Gasteiger partial charge in [0.2, 0.25) is 29.5 Å². The highest BCUT2D eigenvalue weighted by atomic mass is 16.8. The van der Waals surface area contributed by atoms with E-state index < -0.39 is 359 Å². The summed E-state index contributed by atoms with van der Waals surface area (Å²) >= 11 is 0. The molecular formula is C93H163N5O46. The Hall–Kier alpha value is -5.00. The summed E-state index contributed by atoms with van der Waals surface area (Å²) in [5, 5.41) is 286. The summed E-state index contributed by atoms with van der Waals surface area (Å²) in [6.07, 6.45) is -48.6. The molecular weight excluding hydrogens is 1920 g/mol. The molecule has 29 N–H and O–H groups in total.